The summed E-state index contributed by atoms with van der Waals surface area (Å²) in [7, 11) is 0. The molecule has 1 aromatic heterocycles. The van der Waals surface area contributed by atoms with E-state index in [-0.39, 0.29) is 18.4 Å². The molecule has 0 unspecified atom stereocenters. The quantitative estimate of drug-likeness (QED) is 0.922. The molecule has 0 aliphatic rings. The number of aryl methyl sites for hydroxylation is 2. The first-order chi connectivity index (χ1) is 11.0. The SMILES string of the molecule is CC(=O)N(CC(=O)NCc1ccncc1)c1cc(C)cc(C)c1. The first kappa shape index (κ1) is 16.7. The van der Waals surface area contributed by atoms with Crippen molar-refractivity contribution in [2.45, 2.75) is 27.3 Å². The molecule has 0 fully saturated rings. The van der Waals surface area contributed by atoms with Crippen LogP contribution >= 0.6 is 0 Å². The van der Waals surface area contributed by atoms with Crippen LogP contribution in [0.5, 0.6) is 0 Å². The maximum atomic E-state index is 12.2. The van der Waals surface area contributed by atoms with Crippen LogP contribution in [0.1, 0.15) is 23.6 Å². The van der Waals surface area contributed by atoms with Gasteiger partial charge in [-0.2, -0.15) is 0 Å². The number of hydrogen-bond acceptors (Lipinski definition) is 3. The third-order valence-electron chi connectivity index (χ3n) is 3.44. The van der Waals surface area contributed by atoms with Gasteiger partial charge in [-0.15, -0.1) is 0 Å². The number of carbonyl (C=O) groups is 2. The summed E-state index contributed by atoms with van der Waals surface area (Å²) in [5.41, 5.74) is 3.83. The van der Waals surface area contributed by atoms with Crippen LogP contribution in [0.2, 0.25) is 0 Å². The van der Waals surface area contributed by atoms with E-state index < -0.39 is 0 Å². The Labute approximate surface area is 136 Å². The van der Waals surface area contributed by atoms with Crippen molar-refractivity contribution in [3.8, 4) is 0 Å². The minimum Gasteiger partial charge on any atom is -0.350 e. The molecule has 2 aromatic rings. The molecule has 1 N–H and O–H groups in total. The lowest BCUT2D eigenvalue weighted by Gasteiger charge is -2.21. The Kier molecular flexibility index (Phi) is 5.46. The molecule has 0 spiro atoms. The highest BCUT2D eigenvalue weighted by Crippen LogP contribution is 2.18. The van der Waals surface area contributed by atoms with Crippen LogP contribution in [0.25, 0.3) is 0 Å². The first-order valence-corrected chi connectivity index (χ1v) is 7.47. The molecule has 0 aliphatic heterocycles. The summed E-state index contributed by atoms with van der Waals surface area (Å²) >= 11 is 0. The lowest BCUT2D eigenvalue weighted by molar-refractivity contribution is -0.123. The van der Waals surface area contributed by atoms with Crippen molar-refractivity contribution in [1.29, 1.82) is 0 Å². The van der Waals surface area contributed by atoms with Crippen molar-refractivity contribution in [2.24, 2.45) is 0 Å². The van der Waals surface area contributed by atoms with Gasteiger partial charge in [-0.05, 0) is 54.8 Å². The molecule has 1 heterocycles. The minimum absolute atomic E-state index is 0.00328. The molecular formula is C18H21N3O2. The number of pyridine rings is 1. The smallest absolute Gasteiger partial charge is 0.240 e. The number of rotatable bonds is 5. The summed E-state index contributed by atoms with van der Waals surface area (Å²) in [6, 6.07) is 9.53. The molecule has 5 nitrogen and oxygen atoms in total. The number of nitrogens with zero attached hydrogens (tertiary/aromatic N) is 2. The fourth-order valence-electron chi connectivity index (χ4n) is 2.39. The van der Waals surface area contributed by atoms with E-state index >= 15 is 0 Å². The van der Waals surface area contributed by atoms with Gasteiger partial charge in [-0.25, -0.2) is 0 Å². The summed E-state index contributed by atoms with van der Waals surface area (Å²) in [4.78, 5) is 29.5. The van der Waals surface area contributed by atoms with Crippen LogP contribution in [0, 0.1) is 13.8 Å². The van der Waals surface area contributed by atoms with Crippen LogP contribution in [-0.2, 0) is 16.1 Å². The number of anilines is 1. The monoisotopic (exact) mass is 311 g/mol. The van der Waals surface area contributed by atoms with Crippen LogP contribution in [0.4, 0.5) is 5.69 Å². The van der Waals surface area contributed by atoms with E-state index in [1.54, 1.807) is 12.4 Å². The van der Waals surface area contributed by atoms with Crippen molar-refractivity contribution in [3.05, 3.63) is 59.4 Å². The third-order valence-corrected chi connectivity index (χ3v) is 3.44. The fourth-order valence-corrected chi connectivity index (χ4v) is 2.39. The van der Waals surface area contributed by atoms with Gasteiger partial charge in [-0.1, -0.05) is 6.07 Å². The van der Waals surface area contributed by atoms with Gasteiger partial charge in [0.15, 0.2) is 0 Å². The van der Waals surface area contributed by atoms with E-state index in [1.165, 1.54) is 11.8 Å². The Balaban J connectivity index is 2.04. The summed E-state index contributed by atoms with van der Waals surface area (Å²) < 4.78 is 0. The number of aromatic nitrogens is 1. The zero-order chi connectivity index (χ0) is 16.8. The van der Waals surface area contributed by atoms with Crippen LogP contribution in [-0.4, -0.2) is 23.3 Å². The van der Waals surface area contributed by atoms with Crippen LogP contribution < -0.4 is 10.2 Å². The highest BCUT2D eigenvalue weighted by Gasteiger charge is 2.16. The Morgan fingerprint density at radius 1 is 1.09 bits per heavy atom. The molecule has 23 heavy (non-hydrogen) atoms. The summed E-state index contributed by atoms with van der Waals surface area (Å²) in [6.07, 6.45) is 3.36. The van der Waals surface area contributed by atoms with Gasteiger partial charge in [0.25, 0.3) is 0 Å². The van der Waals surface area contributed by atoms with Crippen molar-refractivity contribution < 1.29 is 9.59 Å². The average Bonchev–Trinajstić information content (AvgIpc) is 2.50. The molecule has 120 valence electrons. The second-order valence-electron chi connectivity index (χ2n) is 5.58. The number of amides is 2. The van der Waals surface area contributed by atoms with E-state index in [2.05, 4.69) is 10.3 Å². The van der Waals surface area contributed by atoms with Crippen molar-refractivity contribution in [2.75, 3.05) is 11.4 Å². The Hall–Kier alpha value is -2.69. The van der Waals surface area contributed by atoms with E-state index in [0.29, 0.717) is 6.54 Å². The predicted molar refractivity (Wildman–Crippen MR) is 90.0 cm³/mol. The second kappa shape index (κ2) is 7.54. The van der Waals surface area contributed by atoms with Gasteiger partial charge in [0.05, 0.1) is 0 Å². The lowest BCUT2D eigenvalue weighted by atomic mass is 10.1. The van der Waals surface area contributed by atoms with Gasteiger partial charge in [0, 0.05) is 31.5 Å². The van der Waals surface area contributed by atoms with Gasteiger partial charge in [-0.3, -0.25) is 14.6 Å². The van der Waals surface area contributed by atoms with E-state index in [9.17, 15) is 9.59 Å². The number of benzene rings is 1. The second-order valence-corrected chi connectivity index (χ2v) is 5.58. The molecule has 0 radical (unpaired) electrons. The standard InChI is InChI=1S/C18H21N3O2/c1-13-8-14(2)10-17(9-13)21(15(3)22)12-18(23)20-11-16-4-6-19-7-5-16/h4-10H,11-12H2,1-3H3,(H,20,23). The molecule has 2 rings (SSSR count). The minimum atomic E-state index is -0.198. The van der Waals surface area contributed by atoms with Crippen LogP contribution in [0.3, 0.4) is 0 Å². The normalized spacial score (nSPS) is 10.2. The highest BCUT2D eigenvalue weighted by atomic mass is 16.2. The average molecular weight is 311 g/mol. The van der Waals surface area contributed by atoms with Crippen molar-refractivity contribution in [1.82, 2.24) is 10.3 Å². The molecule has 5 heteroatoms. The van der Waals surface area contributed by atoms with Crippen molar-refractivity contribution in [3.63, 3.8) is 0 Å². The maximum Gasteiger partial charge on any atom is 0.240 e. The van der Waals surface area contributed by atoms with E-state index in [1.807, 2.05) is 44.2 Å². The number of nitrogens with one attached hydrogen (secondary N) is 1. The Bertz CT molecular complexity index is 678. The molecule has 0 atom stereocenters. The predicted octanol–water partition coefficient (Wildman–Crippen LogP) is 2.37. The van der Waals surface area contributed by atoms with Gasteiger partial charge >= 0.3 is 0 Å². The maximum absolute atomic E-state index is 12.2. The van der Waals surface area contributed by atoms with Crippen LogP contribution in [0.15, 0.2) is 42.7 Å². The lowest BCUT2D eigenvalue weighted by Crippen LogP contribution is -2.39. The van der Waals surface area contributed by atoms with Gasteiger partial charge in [0.2, 0.25) is 11.8 Å². The third kappa shape index (κ3) is 4.92. The zero-order valence-electron chi connectivity index (χ0n) is 13.7. The van der Waals surface area contributed by atoms with E-state index in [0.717, 1.165) is 22.4 Å². The molecule has 0 bridgehead atoms. The summed E-state index contributed by atoms with van der Waals surface area (Å²) in [5.74, 6) is -0.356. The first-order valence-electron chi connectivity index (χ1n) is 7.47. The molecule has 2 amide bonds. The number of carbonyl (C=O) groups excluding carboxylic acids is 2. The summed E-state index contributed by atoms with van der Waals surface area (Å²) in [5, 5.41) is 2.82. The molecular weight excluding hydrogens is 290 g/mol. The topological polar surface area (TPSA) is 62.3 Å². The Morgan fingerprint density at radius 3 is 2.26 bits per heavy atom. The van der Waals surface area contributed by atoms with Gasteiger partial charge in [0.1, 0.15) is 6.54 Å². The van der Waals surface area contributed by atoms with Crippen molar-refractivity contribution >= 4 is 17.5 Å². The highest BCUT2D eigenvalue weighted by molar-refractivity contribution is 5.97. The molecule has 0 aliphatic carbocycles. The van der Waals surface area contributed by atoms with E-state index in [4.69, 9.17) is 0 Å². The molecule has 1 aromatic carbocycles. The van der Waals surface area contributed by atoms with Gasteiger partial charge < -0.3 is 10.2 Å². The Morgan fingerprint density at radius 2 is 1.70 bits per heavy atom. The molecule has 0 saturated heterocycles. The largest absolute Gasteiger partial charge is 0.350 e. The zero-order valence-corrected chi connectivity index (χ0v) is 13.7. The fraction of sp³-hybridized carbons (Fsp3) is 0.278. The number of hydrogen-bond donors (Lipinski definition) is 1. The molecule has 0 saturated carbocycles. The summed E-state index contributed by atoms with van der Waals surface area (Å²) in [6.45, 7) is 5.83.